The molecule has 0 atom stereocenters. The molecule has 1 amide bonds. The predicted molar refractivity (Wildman–Crippen MR) is 60.3 cm³/mol. The molecule has 1 saturated carbocycles. The Morgan fingerprint density at radius 2 is 2.19 bits per heavy atom. The summed E-state index contributed by atoms with van der Waals surface area (Å²) in [6.07, 6.45) is 8.57. The lowest BCUT2D eigenvalue weighted by molar-refractivity contribution is 0.192. The number of carbonyl (C=O) groups excluding carboxylic acids is 1. The number of ether oxygens (including phenoxy) is 1. The smallest absolute Gasteiger partial charge is 0.409 e. The zero-order valence-corrected chi connectivity index (χ0v) is 9.19. The van der Waals surface area contributed by atoms with Crippen LogP contribution in [0.15, 0.2) is 24.5 Å². The summed E-state index contributed by atoms with van der Waals surface area (Å²) in [6.45, 7) is 0. The molecule has 1 aliphatic rings. The molecule has 1 N–H and O–H groups in total. The molecule has 4 heteroatoms. The standard InChI is InChI=1S/C12H16N2O2/c15-12(14-10-5-2-1-3-6-10)16-11-7-4-8-13-9-11/h4,7-10H,1-3,5-6H2,(H,14,15). The van der Waals surface area contributed by atoms with Gasteiger partial charge in [-0.15, -0.1) is 0 Å². The van der Waals surface area contributed by atoms with Gasteiger partial charge in [-0.1, -0.05) is 19.3 Å². The summed E-state index contributed by atoms with van der Waals surface area (Å²) in [5.41, 5.74) is 0. The lowest BCUT2D eigenvalue weighted by atomic mass is 9.96. The second-order valence-corrected chi connectivity index (χ2v) is 4.06. The van der Waals surface area contributed by atoms with Crippen molar-refractivity contribution >= 4 is 6.09 Å². The highest BCUT2D eigenvalue weighted by Crippen LogP contribution is 2.17. The molecule has 0 unspecified atom stereocenters. The fraction of sp³-hybridized carbons (Fsp3) is 0.500. The molecule has 0 bridgehead atoms. The van der Waals surface area contributed by atoms with Crippen LogP contribution in [0.2, 0.25) is 0 Å². The van der Waals surface area contributed by atoms with Crippen molar-refractivity contribution in [3.63, 3.8) is 0 Å². The fourth-order valence-corrected chi connectivity index (χ4v) is 1.96. The minimum absolute atomic E-state index is 0.276. The van der Waals surface area contributed by atoms with Crippen LogP contribution in [0.4, 0.5) is 4.79 Å². The van der Waals surface area contributed by atoms with Crippen LogP contribution in [0.25, 0.3) is 0 Å². The molecule has 0 aliphatic heterocycles. The lowest BCUT2D eigenvalue weighted by Crippen LogP contribution is -2.37. The molecule has 0 saturated heterocycles. The molecule has 16 heavy (non-hydrogen) atoms. The number of hydrogen-bond donors (Lipinski definition) is 1. The van der Waals surface area contributed by atoms with Gasteiger partial charge in [0.05, 0.1) is 6.20 Å². The maximum atomic E-state index is 11.5. The summed E-state index contributed by atoms with van der Waals surface area (Å²) >= 11 is 0. The Balaban J connectivity index is 1.80. The third-order valence-corrected chi connectivity index (χ3v) is 2.77. The monoisotopic (exact) mass is 220 g/mol. The summed E-state index contributed by atoms with van der Waals surface area (Å²) in [5, 5.41) is 2.88. The molecule has 1 aliphatic carbocycles. The molecule has 0 radical (unpaired) electrons. The minimum Gasteiger partial charge on any atom is -0.409 e. The molecule has 86 valence electrons. The number of hydrogen-bond acceptors (Lipinski definition) is 3. The van der Waals surface area contributed by atoms with Crippen LogP contribution in [0.1, 0.15) is 32.1 Å². The highest BCUT2D eigenvalue weighted by Gasteiger charge is 2.16. The van der Waals surface area contributed by atoms with Crippen molar-refractivity contribution in [2.24, 2.45) is 0 Å². The average molecular weight is 220 g/mol. The first-order valence-corrected chi connectivity index (χ1v) is 5.73. The first-order chi connectivity index (χ1) is 7.84. The largest absolute Gasteiger partial charge is 0.412 e. The molecule has 2 rings (SSSR count). The van der Waals surface area contributed by atoms with E-state index in [0.717, 1.165) is 12.8 Å². The number of nitrogens with zero attached hydrogens (tertiary/aromatic N) is 1. The molecule has 0 spiro atoms. The zero-order chi connectivity index (χ0) is 11.2. The molecule has 4 nitrogen and oxygen atoms in total. The van der Waals surface area contributed by atoms with E-state index in [1.165, 1.54) is 25.5 Å². The summed E-state index contributed by atoms with van der Waals surface area (Å²) in [7, 11) is 0. The first-order valence-electron chi connectivity index (χ1n) is 5.73. The van der Waals surface area contributed by atoms with Crippen LogP contribution >= 0.6 is 0 Å². The van der Waals surface area contributed by atoms with E-state index in [9.17, 15) is 4.79 Å². The Bertz CT molecular complexity index is 334. The van der Waals surface area contributed by atoms with E-state index in [4.69, 9.17) is 4.74 Å². The third-order valence-electron chi connectivity index (χ3n) is 2.77. The summed E-state index contributed by atoms with van der Waals surface area (Å²) in [6, 6.07) is 3.73. The molecule has 1 aromatic rings. The minimum atomic E-state index is -0.375. The highest BCUT2D eigenvalue weighted by atomic mass is 16.6. The van der Waals surface area contributed by atoms with Crippen molar-refractivity contribution in [2.45, 2.75) is 38.1 Å². The van der Waals surface area contributed by atoms with Crippen molar-refractivity contribution < 1.29 is 9.53 Å². The Morgan fingerprint density at radius 1 is 1.38 bits per heavy atom. The Labute approximate surface area is 95.0 Å². The topological polar surface area (TPSA) is 51.2 Å². The van der Waals surface area contributed by atoms with Crippen LogP contribution in [0.5, 0.6) is 5.75 Å². The highest BCUT2D eigenvalue weighted by molar-refractivity contribution is 5.70. The second kappa shape index (κ2) is 5.49. The van der Waals surface area contributed by atoms with Gasteiger partial charge in [-0.05, 0) is 25.0 Å². The van der Waals surface area contributed by atoms with Gasteiger partial charge in [-0.25, -0.2) is 4.79 Å². The maximum absolute atomic E-state index is 11.5. The van der Waals surface area contributed by atoms with Crippen molar-refractivity contribution in [1.29, 1.82) is 0 Å². The van der Waals surface area contributed by atoms with Crippen molar-refractivity contribution in [3.05, 3.63) is 24.5 Å². The van der Waals surface area contributed by atoms with Gasteiger partial charge in [0.25, 0.3) is 0 Å². The Morgan fingerprint density at radius 3 is 2.88 bits per heavy atom. The fourth-order valence-electron chi connectivity index (χ4n) is 1.96. The predicted octanol–water partition coefficient (Wildman–Crippen LogP) is 2.50. The molecule has 0 aromatic carbocycles. The number of carbonyl (C=O) groups is 1. The van der Waals surface area contributed by atoms with Crippen molar-refractivity contribution in [2.75, 3.05) is 0 Å². The Kier molecular flexibility index (Phi) is 3.75. The van der Waals surface area contributed by atoms with E-state index < -0.39 is 0 Å². The van der Waals surface area contributed by atoms with Gasteiger partial charge < -0.3 is 10.1 Å². The quantitative estimate of drug-likeness (QED) is 0.833. The summed E-state index contributed by atoms with van der Waals surface area (Å²) in [4.78, 5) is 15.4. The van der Waals surface area contributed by atoms with Crippen LogP contribution < -0.4 is 10.1 Å². The van der Waals surface area contributed by atoms with Gasteiger partial charge in [0.15, 0.2) is 5.75 Å². The number of amides is 1. The van der Waals surface area contributed by atoms with E-state index in [0.29, 0.717) is 5.75 Å². The van der Waals surface area contributed by atoms with Crippen LogP contribution in [-0.4, -0.2) is 17.1 Å². The van der Waals surface area contributed by atoms with Crippen LogP contribution in [-0.2, 0) is 0 Å². The van der Waals surface area contributed by atoms with Gasteiger partial charge in [-0.3, -0.25) is 4.98 Å². The van der Waals surface area contributed by atoms with Gasteiger partial charge >= 0.3 is 6.09 Å². The Hall–Kier alpha value is -1.58. The van der Waals surface area contributed by atoms with Crippen molar-refractivity contribution in [3.8, 4) is 5.75 Å². The van der Waals surface area contributed by atoms with E-state index in [2.05, 4.69) is 10.3 Å². The zero-order valence-electron chi connectivity index (χ0n) is 9.19. The van der Waals surface area contributed by atoms with E-state index in [-0.39, 0.29) is 12.1 Å². The lowest BCUT2D eigenvalue weighted by Gasteiger charge is -2.22. The van der Waals surface area contributed by atoms with E-state index >= 15 is 0 Å². The van der Waals surface area contributed by atoms with Crippen molar-refractivity contribution in [1.82, 2.24) is 10.3 Å². The third kappa shape index (κ3) is 3.22. The van der Waals surface area contributed by atoms with Gasteiger partial charge in [0.1, 0.15) is 0 Å². The van der Waals surface area contributed by atoms with E-state index in [1.54, 1.807) is 18.3 Å². The molecule has 1 aromatic heterocycles. The molecular weight excluding hydrogens is 204 g/mol. The SMILES string of the molecule is O=C(NC1CCCCC1)Oc1cccnc1. The summed E-state index contributed by atoms with van der Waals surface area (Å²) < 4.78 is 5.10. The molecule has 1 fully saturated rings. The number of pyridine rings is 1. The molecular formula is C12H16N2O2. The second-order valence-electron chi connectivity index (χ2n) is 4.06. The van der Waals surface area contributed by atoms with Crippen LogP contribution in [0, 0.1) is 0 Å². The van der Waals surface area contributed by atoms with E-state index in [1.807, 2.05) is 0 Å². The van der Waals surface area contributed by atoms with Gasteiger partial charge in [0, 0.05) is 12.2 Å². The van der Waals surface area contributed by atoms with Gasteiger partial charge in [-0.2, -0.15) is 0 Å². The van der Waals surface area contributed by atoms with Crippen LogP contribution in [0.3, 0.4) is 0 Å². The number of rotatable bonds is 2. The normalized spacial score (nSPS) is 16.8. The van der Waals surface area contributed by atoms with Gasteiger partial charge in [0.2, 0.25) is 0 Å². The molecule has 1 heterocycles. The first kappa shape index (κ1) is 10.9. The summed E-state index contributed by atoms with van der Waals surface area (Å²) in [5.74, 6) is 0.482. The number of aromatic nitrogens is 1. The maximum Gasteiger partial charge on any atom is 0.412 e. The number of nitrogens with one attached hydrogen (secondary N) is 1. The average Bonchev–Trinajstić information content (AvgIpc) is 2.31.